The van der Waals surface area contributed by atoms with E-state index >= 15 is 0 Å². The van der Waals surface area contributed by atoms with Crippen LogP contribution in [0.2, 0.25) is 0 Å². The minimum Gasteiger partial charge on any atom is -0.477 e. The number of rotatable bonds is 5. The van der Waals surface area contributed by atoms with Gasteiger partial charge in [-0.1, -0.05) is 0 Å². The second-order valence-electron chi connectivity index (χ2n) is 4.55. The molecule has 0 amide bonds. The number of aromatic nitrogens is 3. The normalized spacial score (nSPS) is 15.2. The molecule has 0 saturated heterocycles. The molecule has 20 heavy (non-hydrogen) atoms. The van der Waals surface area contributed by atoms with Gasteiger partial charge in [0.1, 0.15) is 10.6 Å². The van der Waals surface area contributed by atoms with Gasteiger partial charge in [0.15, 0.2) is 0 Å². The number of carbonyl (C=O) groups is 1. The van der Waals surface area contributed by atoms with E-state index in [1.165, 1.54) is 23.2 Å². The second kappa shape index (κ2) is 4.37. The van der Waals surface area contributed by atoms with Crippen molar-refractivity contribution in [3.63, 3.8) is 0 Å². The minimum atomic E-state index is -3.85. The smallest absolute Gasteiger partial charge is 0.352 e. The fraction of sp³-hybridized carbons (Fsp3) is 0.273. The number of hydrogen-bond donors (Lipinski definition) is 3. The van der Waals surface area contributed by atoms with Gasteiger partial charge in [-0.3, -0.25) is 0 Å². The molecule has 0 bridgehead atoms. The minimum absolute atomic E-state index is 0.0210. The Morgan fingerprint density at radius 1 is 1.50 bits per heavy atom. The summed E-state index contributed by atoms with van der Waals surface area (Å²) in [4.78, 5) is 17.5. The van der Waals surface area contributed by atoms with E-state index in [-0.39, 0.29) is 22.6 Å². The summed E-state index contributed by atoms with van der Waals surface area (Å²) in [7, 11) is -3.85. The zero-order valence-electron chi connectivity index (χ0n) is 10.3. The van der Waals surface area contributed by atoms with Gasteiger partial charge in [0.25, 0.3) is 10.0 Å². The summed E-state index contributed by atoms with van der Waals surface area (Å²) >= 11 is 0. The molecule has 3 rings (SSSR count). The van der Waals surface area contributed by atoms with Crippen LogP contribution in [0.25, 0.3) is 0 Å². The SMILES string of the molecule is O=C(O)c1cc(S(=O)(=O)Nc2ncc[nH]2)cn1C1CC1. The molecule has 8 nitrogen and oxygen atoms in total. The highest BCUT2D eigenvalue weighted by Crippen LogP contribution is 2.37. The number of nitrogens with zero attached hydrogens (tertiary/aromatic N) is 2. The van der Waals surface area contributed by atoms with E-state index in [1.54, 1.807) is 0 Å². The van der Waals surface area contributed by atoms with Crippen molar-refractivity contribution in [1.82, 2.24) is 14.5 Å². The van der Waals surface area contributed by atoms with Crippen molar-refractivity contribution in [2.24, 2.45) is 0 Å². The molecule has 1 saturated carbocycles. The van der Waals surface area contributed by atoms with Gasteiger partial charge in [-0.2, -0.15) is 0 Å². The number of hydrogen-bond acceptors (Lipinski definition) is 4. The lowest BCUT2D eigenvalue weighted by molar-refractivity contribution is 0.0685. The lowest BCUT2D eigenvalue weighted by Gasteiger charge is -2.03. The Kier molecular flexibility index (Phi) is 2.78. The third-order valence-electron chi connectivity index (χ3n) is 3.02. The van der Waals surface area contributed by atoms with Crippen molar-refractivity contribution in [2.45, 2.75) is 23.8 Å². The van der Waals surface area contributed by atoms with Gasteiger partial charge in [-0.05, 0) is 18.9 Å². The zero-order chi connectivity index (χ0) is 14.3. The molecule has 0 unspecified atom stereocenters. The molecule has 3 N–H and O–H groups in total. The Balaban J connectivity index is 1.97. The van der Waals surface area contributed by atoms with Crippen LogP contribution in [0.15, 0.2) is 29.6 Å². The molecule has 2 aromatic heterocycles. The Morgan fingerprint density at radius 2 is 2.25 bits per heavy atom. The second-order valence-corrected chi connectivity index (χ2v) is 6.23. The zero-order valence-corrected chi connectivity index (χ0v) is 11.1. The van der Waals surface area contributed by atoms with Crippen molar-refractivity contribution in [2.75, 3.05) is 4.72 Å². The van der Waals surface area contributed by atoms with Crippen molar-refractivity contribution >= 4 is 21.9 Å². The van der Waals surface area contributed by atoms with E-state index in [2.05, 4.69) is 14.7 Å². The average Bonchev–Trinajstić information content (AvgIpc) is 2.90. The first-order chi connectivity index (χ1) is 9.47. The first-order valence-corrected chi connectivity index (χ1v) is 7.43. The van der Waals surface area contributed by atoms with Crippen LogP contribution in [0.1, 0.15) is 29.4 Å². The third kappa shape index (κ3) is 2.27. The fourth-order valence-electron chi connectivity index (χ4n) is 1.93. The van der Waals surface area contributed by atoms with Crippen LogP contribution >= 0.6 is 0 Å². The fourth-order valence-corrected chi connectivity index (χ4v) is 2.94. The monoisotopic (exact) mass is 296 g/mol. The quantitative estimate of drug-likeness (QED) is 0.762. The van der Waals surface area contributed by atoms with Crippen LogP contribution in [-0.2, 0) is 10.0 Å². The first kappa shape index (κ1) is 12.7. The summed E-state index contributed by atoms with van der Waals surface area (Å²) in [5.41, 5.74) is -0.0210. The maximum atomic E-state index is 12.2. The lowest BCUT2D eigenvalue weighted by Crippen LogP contribution is -2.13. The summed E-state index contributed by atoms with van der Waals surface area (Å²) in [5.74, 6) is -1.06. The molecular weight excluding hydrogens is 284 g/mol. The standard InChI is InChI=1S/C11H12N4O4S/c16-10(17)9-5-8(6-15(9)7-1-2-7)20(18,19)14-11-12-3-4-13-11/h3-7H,1-2H2,(H,16,17)(H2,12,13,14). The molecule has 1 aliphatic carbocycles. The maximum Gasteiger partial charge on any atom is 0.352 e. The third-order valence-corrected chi connectivity index (χ3v) is 4.33. The highest BCUT2D eigenvalue weighted by atomic mass is 32.2. The van der Waals surface area contributed by atoms with Crippen LogP contribution in [0.4, 0.5) is 5.95 Å². The maximum absolute atomic E-state index is 12.2. The highest BCUT2D eigenvalue weighted by Gasteiger charge is 2.30. The van der Waals surface area contributed by atoms with Gasteiger partial charge < -0.3 is 14.7 Å². The summed E-state index contributed by atoms with van der Waals surface area (Å²) in [6.07, 6.45) is 5.97. The molecule has 2 aromatic rings. The van der Waals surface area contributed by atoms with Crippen LogP contribution in [0.5, 0.6) is 0 Å². The van der Waals surface area contributed by atoms with Gasteiger partial charge in [0, 0.05) is 24.6 Å². The van der Waals surface area contributed by atoms with E-state index in [0.717, 1.165) is 18.9 Å². The Hall–Kier alpha value is -2.29. The number of nitrogens with one attached hydrogen (secondary N) is 2. The molecule has 1 aliphatic rings. The summed E-state index contributed by atoms with van der Waals surface area (Å²) in [6.45, 7) is 0. The number of carboxylic acids is 1. The number of anilines is 1. The topological polar surface area (TPSA) is 117 Å². The van der Waals surface area contributed by atoms with Crippen molar-refractivity contribution in [1.29, 1.82) is 0 Å². The van der Waals surface area contributed by atoms with Gasteiger partial charge in [-0.15, -0.1) is 0 Å². The van der Waals surface area contributed by atoms with Gasteiger partial charge in [0.05, 0.1) is 0 Å². The number of carboxylic acid groups (broad SMARTS) is 1. The van der Waals surface area contributed by atoms with E-state index < -0.39 is 16.0 Å². The van der Waals surface area contributed by atoms with Crippen molar-refractivity contribution < 1.29 is 18.3 Å². The van der Waals surface area contributed by atoms with E-state index in [4.69, 9.17) is 5.11 Å². The molecule has 2 heterocycles. The predicted octanol–water partition coefficient (Wildman–Crippen LogP) is 1.05. The van der Waals surface area contributed by atoms with Crippen molar-refractivity contribution in [3.05, 3.63) is 30.4 Å². The first-order valence-electron chi connectivity index (χ1n) is 5.95. The molecule has 0 radical (unpaired) electrons. The molecule has 0 aliphatic heterocycles. The molecule has 9 heteroatoms. The van der Waals surface area contributed by atoms with Gasteiger partial charge in [-0.25, -0.2) is 22.9 Å². The largest absolute Gasteiger partial charge is 0.477 e. The van der Waals surface area contributed by atoms with Gasteiger partial charge >= 0.3 is 5.97 Å². The number of imidazole rings is 1. The Labute approximate surface area is 114 Å². The molecule has 0 aromatic carbocycles. The van der Waals surface area contributed by atoms with Crippen LogP contribution < -0.4 is 4.72 Å². The number of sulfonamides is 1. The number of aromatic amines is 1. The van der Waals surface area contributed by atoms with E-state index in [1.807, 2.05) is 0 Å². The number of H-pyrrole nitrogens is 1. The highest BCUT2D eigenvalue weighted by molar-refractivity contribution is 7.92. The Morgan fingerprint density at radius 3 is 2.80 bits per heavy atom. The molecular formula is C11H12N4O4S. The molecule has 1 fully saturated rings. The van der Waals surface area contributed by atoms with E-state index in [9.17, 15) is 13.2 Å². The molecule has 0 spiro atoms. The van der Waals surface area contributed by atoms with Crippen LogP contribution in [0.3, 0.4) is 0 Å². The molecule has 106 valence electrons. The summed E-state index contributed by atoms with van der Waals surface area (Å²) in [6, 6.07) is 1.24. The number of aromatic carboxylic acids is 1. The van der Waals surface area contributed by atoms with Gasteiger partial charge in [0.2, 0.25) is 5.95 Å². The van der Waals surface area contributed by atoms with E-state index in [0.29, 0.717) is 0 Å². The summed E-state index contributed by atoms with van der Waals surface area (Å²) in [5, 5.41) is 9.12. The predicted molar refractivity (Wildman–Crippen MR) is 69.1 cm³/mol. The van der Waals surface area contributed by atoms with Crippen LogP contribution in [0, 0.1) is 0 Å². The van der Waals surface area contributed by atoms with Crippen molar-refractivity contribution in [3.8, 4) is 0 Å². The summed E-state index contributed by atoms with van der Waals surface area (Å²) < 4.78 is 28.1. The van der Waals surface area contributed by atoms with Crippen LogP contribution in [-0.4, -0.2) is 34.0 Å². The average molecular weight is 296 g/mol. The lowest BCUT2D eigenvalue weighted by atomic mass is 10.4. The Bertz CT molecular complexity index is 743. The molecule has 0 atom stereocenters.